The lowest BCUT2D eigenvalue weighted by atomic mass is 10.1. The van der Waals surface area contributed by atoms with Crippen molar-refractivity contribution in [2.45, 2.75) is 18.0 Å². The van der Waals surface area contributed by atoms with E-state index in [4.69, 9.17) is 10.00 Å². The van der Waals surface area contributed by atoms with Crippen molar-refractivity contribution >= 4 is 62.9 Å². The molecule has 2 aliphatic heterocycles. The second kappa shape index (κ2) is 10.2. The fraction of sp³-hybridized carbons (Fsp3) is 0.333. The van der Waals surface area contributed by atoms with E-state index in [0.717, 1.165) is 11.8 Å². The van der Waals surface area contributed by atoms with Crippen molar-refractivity contribution in [3.8, 4) is 6.07 Å². The minimum Gasteiger partial charge on any atom is -0.456 e. The number of nitro groups is 1. The lowest BCUT2D eigenvalue weighted by Crippen LogP contribution is -2.70. The fourth-order valence-electron chi connectivity index (χ4n) is 2.91. The Kier molecular flexibility index (Phi) is 7.58. The van der Waals surface area contributed by atoms with Gasteiger partial charge in [0.25, 0.3) is 11.6 Å². The number of non-ortho nitro benzene ring substituents is 1. The molecule has 162 valence electrons. The summed E-state index contributed by atoms with van der Waals surface area (Å²) in [4.78, 5) is 48.7. The Bertz CT molecular complexity index is 994. The molecule has 1 aromatic rings. The predicted octanol–water partition coefficient (Wildman–Crippen LogP) is 1.90. The van der Waals surface area contributed by atoms with Crippen LogP contribution in [-0.4, -0.2) is 56.3 Å². The van der Waals surface area contributed by atoms with Crippen LogP contribution >= 0.6 is 39.5 Å². The van der Waals surface area contributed by atoms with Crippen LogP contribution in [0.4, 0.5) is 5.69 Å². The van der Waals surface area contributed by atoms with Crippen LogP contribution in [0.1, 0.15) is 5.56 Å². The van der Waals surface area contributed by atoms with Crippen molar-refractivity contribution < 1.29 is 24.0 Å². The third kappa shape index (κ3) is 5.20. The molecule has 0 spiro atoms. The standard InChI is InChI=1S/C18H15BrN4O6S2/c19-12-8-31-17-14(21-13(24)9-30-6-5-20)16(25)22(17)15(12)18(26)29-7-10-1-3-11(4-2-10)23(27)28/h1-4,14,17H,6-9H2,(H,21,24)/t14?,17-/m1/s1. The van der Waals surface area contributed by atoms with Gasteiger partial charge in [0.05, 0.1) is 22.5 Å². The van der Waals surface area contributed by atoms with Gasteiger partial charge in [0.15, 0.2) is 0 Å². The summed E-state index contributed by atoms with van der Waals surface area (Å²) in [5.41, 5.74) is 0.574. The van der Waals surface area contributed by atoms with Gasteiger partial charge >= 0.3 is 5.97 Å². The number of halogens is 1. The number of rotatable bonds is 8. The van der Waals surface area contributed by atoms with Crippen LogP contribution in [0.2, 0.25) is 0 Å². The van der Waals surface area contributed by atoms with E-state index in [2.05, 4.69) is 21.2 Å². The molecule has 1 aromatic carbocycles. The number of nitriles is 1. The van der Waals surface area contributed by atoms with Crippen LogP contribution in [0.15, 0.2) is 34.4 Å². The van der Waals surface area contributed by atoms with E-state index in [1.54, 1.807) is 0 Å². The van der Waals surface area contributed by atoms with Gasteiger partial charge in [-0.2, -0.15) is 5.26 Å². The van der Waals surface area contributed by atoms with Crippen LogP contribution in [-0.2, 0) is 25.7 Å². The number of fused-ring (bicyclic) bond motifs is 1. The number of esters is 1. The van der Waals surface area contributed by atoms with E-state index in [0.29, 0.717) is 15.8 Å². The number of hydrogen-bond donors (Lipinski definition) is 1. The van der Waals surface area contributed by atoms with Crippen LogP contribution in [0, 0.1) is 21.4 Å². The highest BCUT2D eigenvalue weighted by molar-refractivity contribution is 9.11. The second-order valence-electron chi connectivity index (χ2n) is 6.36. The van der Waals surface area contributed by atoms with Gasteiger partial charge in [0.1, 0.15) is 23.7 Å². The first kappa shape index (κ1) is 23.1. The number of carbonyl (C=O) groups excluding carboxylic acids is 3. The Balaban J connectivity index is 1.60. The molecule has 2 heterocycles. The molecule has 2 atom stereocenters. The monoisotopic (exact) mass is 526 g/mol. The summed E-state index contributed by atoms with van der Waals surface area (Å²) in [6.45, 7) is -0.114. The Morgan fingerprint density at radius 1 is 1.42 bits per heavy atom. The van der Waals surface area contributed by atoms with Crippen molar-refractivity contribution in [1.82, 2.24) is 10.2 Å². The second-order valence-corrected chi connectivity index (χ2v) is 9.41. The molecule has 2 aliphatic rings. The first-order valence-electron chi connectivity index (χ1n) is 8.81. The van der Waals surface area contributed by atoms with Crippen LogP contribution in [0.3, 0.4) is 0 Å². The third-order valence-corrected chi connectivity index (χ3v) is 7.45. The zero-order valence-electron chi connectivity index (χ0n) is 15.8. The highest BCUT2D eigenvalue weighted by Gasteiger charge is 2.54. The van der Waals surface area contributed by atoms with Gasteiger partial charge in [-0.1, -0.05) is 15.9 Å². The Morgan fingerprint density at radius 3 is 2.77 bits per heavy atom. The molecule has 1 fully saturated rings. The van der Waals surface area contributed by atoms with E-state index in [-0.39, 0.29) is 35.4 Å². The highest BCUT2D eigenvalue weighted by atomic mass is 79.9. The molecule has 0 bridgehead atoms. The summed E-state index contributed by atoms with van der Waals surface area (Å²) in [7, 11) is 0. The molecule has 1 unspecified atom stereocenters. The molecule has 31 heavy (non-hydrogen) atoms. The zero-order chi connectivity index (χ0) is 22.5. The number of nitro benzene ring substituents is 1. The maximum atomic E-state index is 12.7. The number of β-lactam (4-membered cyclic amide) rings is 1. The molecular formula is C18H15BrN4O6S2. The van der Waals surface area contributed by atoms with Crippen LogP contribution < -0.4 is 5.32 Å². The average Bonchev–Trinajstić information content (AvgIpc) is 2.76. The molecule has 2 amide bonds. The number of hydrogen-bond acceptors (Lipinski definition) is 9. The molecule has 1 N–H and O–H groups in total. The quantitative estimate of drug-likeness (QED) is 0.176. The van der Waals surface area contributed by atoms with Crippen molar-refractivity contribution in [1.29, 1.82) is 5.26 Å². The molecule has 3 rings (SSSR count). The summed E-state index contributed by atoms with van der Waals surface area (Å²) in [6, 6.07) is 6.77. The Hall–Kier alpha value is -2.56. The fourth-order valence-corrected chi connectivity index (χ4v) is 5.31. The topological polar surface area (TPSA) is 143 Å². The molecular weight excluding hydrogens is 512 g/mol. The van der Waals surface area contributed by atoms with E-state index < -0.39 is 28.2 Å². The van der Waals surface area contributed by atoms with Crippen LogP contribution in [0.5, 0.6) is 0 Å². The maximum absolute atomic E-state index is 12.7. The molecule has 10 nitrogen and oxygen atoms in total. The molecule has 1 saturated heterocycles. The smallest absolute Gasteiger partial charge is 0.356 e. The number of thioether (sulfide) groups is 2. The summed E-state index contributed by atoms with van der Waals surface area (Å²) >= 11 is 5.86. The largest absolute Gasteiger partial charge is 0.456 e. The minimum atomic E-state index is -0.752. The van der Waals surface area contributed by atoms with Crippen molar-refractivity contribution in [3.63, 3.8) is 0 Å². The number of nitrogens with zero attached hydrogens (tertiary/aromatic N) is 3. The minimum absolute atomic E-state index is 0.0679. The van der Waals surface area contributed by atoms with Crippen molar-refractivity contribution in [3.05, 3.63) is 50.1 Å². The molecule has 13 heteroatoms. The first-order chi connectivity index (χ1) is 14.8. The van der Waals surface area contributed by atoms with Gasteiger partial charge in [0, 0.05) is 22.4 Å². The Morgan fingerprint density at radius 2 is 2.13 bits per heavy atom. The van der Waals surface area contributed by atoms with Crippen LogP contribution in [0.25, 0.3) is 0 Å². The molecule has 0 radical (unpaired) electrons. The zero-order valence-corrected chi connectivity index (χ0v) is 19.0. The molecule has 0 aliphatic carbocycles. The summed E-state index contributed by atoms with van der Waals surface area (Å²) in [5.74, 6) is -0.815. The van der Waals surface area contributed by atoms with Gasteiger partial charge in [-0.3, -0.25) is 24.6 Å². The van der Waals surface area contributed by atoms with E-state index in [1.807, 2.05) is 6.07 Å². The third-order valence-electron chi connectivity index (χ3n) is 4.35. The van der Waals surface area contributed by atoms with Gasteiger partial charge in [-0.25, -0.2) is 4.79 Å². The highest BCUT2D eigenvalue weighted by Crippen LogP contribution is 2.42. The number of nitrogens with one attached hydrogen (secondary N) is 1. The number of ether oxygens (including phenoxy) is 1. The number of amides is 2. The van der Waals surface area contributed by atoms with Gasteiger partial charge in [0.2, 0.25) is 5.91 Å². The van der Waals surface area contributed by atoms with E-state index in [9.17, 15) is 24.5 Å². The van der Waals surface area contributed by atoms with Gasteiger partial charge in [-0.05, 0) is 17.7 Å². The van der Waals surface area contributed by atoms with Gasteiger partial charge in [-0.15, -0.1) is 23.5 Å². The van der Waals surface area contributed by atoms with E-state index >= 15 is 0 Å². The first-order valence-corrected chi connectivity index (χ1v) is 11.8. The summed E-state index contributed by atoms with van der Waals surface area (Å²) in [5, 5.41) is 21.5. The lowest BCUT2D eigenvalue weighted by Gasteiger charge is -2.49. The lowest BCUT2D eigenvalue weighted by molar-refractivity contribution is -0.384. The van der Waals surface area contributed by atoms with E-state index in [1.165, 1.54) is 40.9 Å². The van der Waals surface area contributed by atoms with Crippen molar-refractivity contribution in [2.24, 2.45) is 0 Å². The molecule has 0 aromatic heterocycles. The molecule has 0 saturated carbocycles. The predicted molar refractivity (Wildman–Crippen MR) is 117 cm³/mol. The summed E-state index contributed by atoms with van der Waals surface area (Å²) in [6.07, 6.45) is 0. The normalized spacial score (nSPS) is 19.7. The maximum Gasteiger partial charge on any atom is 0.356 e. The number of benzene rings is 1. The van der Waals surface area contributed by atoms with Crippen molar-refractivity contribution in [2.75, 3.05) is 17.3 Å². The number of carbonyl (C=O) groups is 3. The SMILES string of the molecule is N#CCSCC(=O)NC1C(=O)N2C(C(=O)OCc3ccc([N+](=O)[O-])cc3)=C(Br)CS[C@H]12. The average molecular weight is 527 g/mol. The Labute approximate surface area is 193 Å². The van der Waals surface area contributed by atoms with Gasteiger partial charge < -0.3 is 10.1 Å². The summed E-state index contributed by atoms with van der Waals surface area (Å²) < 4.78 is 5.80.